The molecule has 9 nitrogen and oxygen atoms in total. The molecule has 0 spiro atoms. The summed E-state index contributed by atoms with van der Waals surface area (Å²) in [5.74, 6) is 0.414. The lowest BCUT2D eigenvalue weighted by atomic mass is 10.3. The second kappa shape index (κ2) is 10.5. The molecule has 2 N–H and O–H groups in total. The van der Waals surface area contributed by atoms with Crippen molar-refractivity contribution in [2.24, 2.45) is 0 Å². The van der Waals surface area contributed by atoms with Crippen LogP contribution in [-0.4, -0.2) is 95.5 Å². The highest BCUT2D eigenvalue weighted by Crippen LogP contribution is 2.29. The zero-order valence-corrected chi connectivity index (χ0v) is 18.2. The first-order valence-electron chi connectivity index (χ1n) is 9.61. The van der Waals surface area contributed by atoms with Crippen molar-refractivity contribution >= 4 is 33.0 Å². The highest BCUT2D eigenvalue weighted by Gasteiger charge is 2.27. The predicted octanol–water partition coefficient (Wildman–Crippen LogP) is 0.335. The van der Waals surface area contributed by atoms with Crippen molar-refractivity contribution in [2.75, 3.05) is 78.1 Å². The van der Waals surface area contributed by atoms with E-state index in [1.54, 1.807) is 12.1 Å². The van der Waals surface area contributed by atoms with Gasteiger partial charge in [-0.2, -0.15) is 4.31 Å². The van der Waals surface area contributed by atoms with Gasteiger partial charge in [0.05, 0.1) is 44.1 Å². The predicted molar refractivity (Wildman–Crippen MR) is 114 cm³/mol. The van der Waals surface area contributed by atoms with Gasteiger partial charge in [0.2, 0.25) is 10.0 Å². The quantitative estimate of drug-likeness (QED) is 0.578. The SMILES string of the molecule is COc1cc(S(=O)(=O)N2CCOCC2)ccc1NC(=S)NCCN1CCOCC1. The van der Waals surface area contributed by atoms with E-state index < -0.39 is 10.0 Å². The molecule has 0 saturated carbocycles. The van der Waals surface area contributed by atoms with Crippen LogP contribution in [0.15, 0.2) is 23.1 Å². The number of hydrogen-bond donors (Lipinski definition) is 2. The first kappa shape index (κ1) is 22.2. The van der Waals surface area contributed by atoms with E-state index in [9.17, 15) is 8.42 Å². The number of anilines is 1. The van der Waals surface area contributed by atoms with Gasteiger partial charge < -0.3 is 24.8 Å². The molecule has 29 heavy (non-hydrogen) atoms. The Bertz CT molecular complexity index is 793. The van der Waals surface area contributed by atoms with Gasteiger partial charge in [0.15, 0.2) is 5.11 Å². The number of thiocarbonyl (C=S) groups is 1. The third kappa shape index (κ3) is 6.00. The molecule has 2 heterocycles. The van der Waals surface area contributed by atoms with Crippen molar-refractivity contribution in [3.05, 3.63) is 18.2 Å². The summed E-state index contributed by atoms with van der Waals surface area (Å²) in [6, 6.07) is 4.75. The molecular formula is C18H28N4O5S2. The molecule has 11 heteroatoms. The van der Waals surface area contributed by atoms with E-state index in [-0.39, 0.29) is 4.90 Å². The summed E-state index contributed by atoms with van der Waals surface area (Å²) in [7, 11) is -2.08. The average Bonchev–Trinajstić information content (AvgIpc) is 2.75. The van der Waals surface area contributed by atoms with Crippen molar-refractivity contribution in [1.82, 2.24) is 14.5 Å². The topological polar surface area (TPSA) is 92.4 Å². The summed E-state index contributed by atoms with van der Waals surface area (Å²) in [5.41, 5.74) is 0.609. The van der Waals surface area contributed by atoms with E-state index in [1.165, 1.54) is 17.5 Å². The van der Waals surface area contributed by atoms with Crippen molar-refractivity contribution in [3.63, 3.8) is 0 Å². The fourth-order valence-corrected chi connectivity index (χ4v) is 4.83. The van der Waals surface area contributed by atoms with Crippen molar-refractivity contribution in [3.8, 4) is 5.75 Å². The number of sulfonamides is 1. The van der Waals surface area contributed by atoms with E-state index in [2.05, 4.69) is 15.5 Å². The molecule has 2 saturated heterocycles. The lowest BCUT2D eigenvalue weighted by Gasteiger charge is -2.27. The molecule has 1 aromatic carbocycles. The minimum absolute atomic E-state index is 0.188. The molecule has 0 amide bonds. The molecule has 2 aliphatic rings. The summed E-state index contributed by atoms with van der Waals surface area (Å²) in [4.78, 5) is 2.50. The number of rotatable bonds is 7. The Balaban J connectivity index is 1.58. The minimum atomic E-state index is -3.59. The largest absolute Gasteiger partial charge is 0.495 e. The second-order valence-corrected chi connectivity index (χ2v) is 9.06. The van der Waals surface area contributed by atoms with Gasteiger partial charge >= 0.3 is 0 Å². The second-order valence-electron chi connectivity index (χ2n) is 6.71. The molecule has 0 atom stereocenters. The fraction of sp³-hybridized carbons (Fsp3) is 0.611. The standard InChI is InChI=1S/C18H28N4O5S2/c1-25-17-14-15(29(23,24)22-8-12-27-13-9-22)2-3-16(17)20-18(28)19-4-5-21-6-10-26-11-7-21/h2-3,14H,4-13H2,1H3,(H2,19,20,28). The van der Waals surface area contributed by atoms with E-state index in [0.29, 0.717) is 49.4 Å². The smallest absolute Gasteiger partial charge is 0.243 e. The van der Waals surface area contributed by atoms with Crippen LogP contribution in [0.1, 0.15) is 0 Å². The highest BCUT2D eigenvalue weighted by molar-refractivity contribution is 7.89. The molecule has 0 unspecified atom stereocenters. The lowest BCUT2D eigenvalue weighted by Crippen LogP contribution is -2.42. The van der Waals surface area contributed by atoms with Gasteiger partial charge in [0, 0.05) is 45.3 Å². The van der Waals surface area contributed by atoms with Crippen LogP contribution in [0.2, 0.25) is 0 Å². The number of nitrogens with one attached hydrogen (secondary N) is 2. The van der Waals surface area contributed by atoms with Crippen LogP contribution in [0.25, 0.3) is 0 Å². The van der Waals surface area contributed by atoms with Crippen LogP contribution >= 0.6 is 12.2 Å². The molecule has 0 aliphatic carbocycles. The third-order valence-electron chi connectivity index (χ3n) is 4.85. The van der Waals surface area contributed by atoms with E-state index >= 15 is 0 Å². The maximum Gasteiger partial charge on any atom is 0.243 e. The zero-order chi connectivity index (χ0) is 20.7. The van der Waals surface area contributed by atoms with Crippen molar-refractivity contribution < 1.29 is 22.6 Å². The van der Waals surface area contributed by atoms with E-state index in [0.717, 1.165) is 32.8 Å². The van der Waals surface area contributed by atoms with Crippen molar-refractivity contribution in [1.29, 1.82) is 0 Å². The van der Waals surface area contributed by atoms with Gasteiger partial charge in [-0.25, -0.2) is 8.42 Å². The summed E-state index contributed by atoms with van der Waals surface area (Å²) >= 11 is 5.36. The van der Waals surface area contributed by atoms with Gasteiger partial charge in [0.25, 0.3) is 0 Å². The number of hydrogen-bond acceptors (Lipinski definition) is 7. The molecule has 0 aromatic heterocycles. The van der Waals surface area contributed by atoms with Gasteiger partial charge in [-0.15, -0.1) is 0 Å². The first-order valence-corrected chi connectivity index (χ1v) is 11.5. The molecule has 162 valence electrons. The Morgan fingerprint density at radius 1 is 1.14 bits per heavy atom. The van der Waals surface area contributed by atoms with Crippen molar-refractivity contribution in [2.45, 2.75) is 4.90 Å². The molecular weight excluding hydrogens is 416 g/mol. The summed E-state index contributed by atoms with van der Waals surface area (Å²) in [6.07, 6.45) is 0. The Labute approximate surface area is 177 Å². The fourth-order valence-electron chi connectivity index (χ4n) is 3.19. The Hall–Kier alpha value is -1.50. The lowest BCUT2D eigenvalue weighted by molar-refractivity contribution is 0.0389. The number of methoxy groups -OCH3 is 1. The first-order chi connectivity index (χ1) is 14.0. The molecule has 0 bridgehead atoms. The normalized spacial score (nSPS) is 18.9. The Morgan fingerprint density at radius 2 is 1.79 bits per heavy atom. The molecule has 1 aromatic rings. The molecule has 3 rings (SSSR count). The summed E-state index contributed by atoms with van der Waals surface area (Å²) in [5, 5.41) is 6.71. The molecule has 2 aliphatic heterocycles. The summed E-state index contributed by atoms with van der Waals surface area (Å²) in [6.45, 7) is 6.46. The van der Waals surface area contributed by atoms with Gasteiger partial charge in [0.1, 0.15) is 5.75 Å². The number of nitrogens with zero attached hydrogens (tertiary/aromatic N) is 2. The molecule has 2 fully saturated rings. The van der Waals surface area contributed by atoms with Crippen LogP contribution in [-0.2, 0) is 19.5 Å². The monoisotopic (exact) mass is 444 g/mol. The third-order valence-corrected chi connectivity index (χ3v) is 6.99. The maximum atomic E-state index is 12.8. The Kier molecular flexibility index (Phi) is 8.04. The van der Waals surface area contributed by atoms with Crippen LogP contribution in [0.5, 0.6) is 5.75 Å². The van der Waals surface area contributed by atoms with E-state index in [4.69, 9.17) is 26.4 Å². The highest BCUT2D eigenvalue weighted by atomic mass is 32.2. The van der Waals surface area contributed by atoms with Crippen LogP contribution in [0.3, 0.4) is 0 Å². The minimum Gasteiger partial charge on any atom is -0.495 e. The maximum absolute atomic E-state index is 12.8. The number of benzene rings is 1. The zero-order valence-electron chi connectivity index (χ0n) is 16.6. The van der Waals surface area contributed by atoms with Crippen LogP contribution in [0, 0.1) is 0 Å². The number of ether oxygens (including phenoxy) is 3. The van der Waals surface area contributed by atoms with Gasteiger partial charge in [-0.3, -0.25) is 4.90 Å². The molecule has 0 radical (unpaired) electrons. The number of morpholine rings is 2. The van der Waals surface area contributed by atoms with Crippen LogP contribution in [0.4, 0.5) is 5.69 Å². The Morgan fingerprint density at radius 3 is 2.45 bits per heavy atom. The van der Waals surface area contributed by atoms with Crippen LogP contribution < -0.4 is 15.4 Å². The van der Waals surface area contributed by atoms with Gasteiger partial charge in [-0.05, 0) is 24.4 Å². The summed E-state index contributed by atoms with van der Waals surface area (Å²) < 4.78 is 43.0. The van der Waals surface area contributed by atoms with E-state index in [1.807, 2.05) is 0 Å². The average molecular weight is 445 g/mol. The van der Waals surface area contributed by atoms with Gasteiger partial charge in [-0.1, -0.05) is 0 Å².